The molecular weight excluding hydrogens is 450 g/mol. The van der Waals surface area contributed by atoms with Gasteiger partial charge in [-0.15, -0.1) is 0 Å². The first-order valence-electron chi connectivity index (χ1n) is 10.6. The van der Waals surface area contributed by atoms with Crippen molar-refractivity contribution < 1.29 is 4.79 Å². The third-order valence-electron chi connectivity index (χ3n) is 5.25. The van der Waals surface area contributed by atoms with Gasteiger partial charge in [0.25, 0.3) is 5.91 Å². The van der Waals surface area contributed by atoms with Crippen LogP contribution in [0.1, 0.15) is 21.5 Å². The summed E-state index contributed by atoms with van der Waals surface area (Å²) in [5.74, 6) is 0.371. The SMILES string of the molecule is O=C(NCc1cccnc1-n1cncn1)c1cn(Cc2ccccc2)nc1-c1ccc(Cl)cc1. The van der Waals surface area contributed by atoms with E-state index in [1.807, 2.05) is 54.6 Å². The summed E-state index contributed by atoms with van der Waals surface area (Å²) < 4.78 is 3.34. The van der Waals surface area contributed by atoms with E-state index < -0.39 is 0 Å². The first-order valence-corrected chi connectivity index (χ1v) is 11.0. The maximum Gasteiger partial charge on any atom is 0.255 e. The van der Waals surface area contributed by atoms with Gasteiger partial charge in [0.15, 0.2) is 5.82 Å². The number of carbonyl (C=O) groups is 1. The zero-order chi connectivity index (χ0) is 23.3. The van der Waals surface area contributed by atoms with Gasteiger partial charge in [-0.25, -0.2) is 14.6 Å². The van der Waals surface area contributed by atoms with Gasteiger partial charge in [0, 0.05) is 35.1 Å². The topological polar surface area (TPSA) is 90.5 Å². The average Bonchev–Trinajstić information content (AvgIpc) is 3.55. The third kappa shape index (κ3) is 4.72. The Morgan fingerprint density at radius 1 is 1.00 bits per heavy atom. The van der Waals surface area contributed by atoms with Gasteiger partial charge in [0.2, 0.25) is 0 Å². The summed E-state index contributed by atoms with van der Waals surface area (Å²) in [6.45, 7) is 0.819. The second-order valence-corrected chi connectivity index (χ2v) is 8.03. The van der Waals surface area contributed by atoms with Crippen molar-refractivity contribution in [3.63, 3.8) is 0 Å². The molecule has 0 aliphatic carbocycles. The van der Waals surface area contributed by atoms with E-state index in [0.717, 1.165) is 16.7 Å². The fourth-order valence-electron chi connectivity index (χ4n) is 3.62. The lowest BCUT2D eigenvalue weighted by Gasteiger charge is -2.09. The molecule has 1 N–H and O–H groups in total. The van der Waals surface area contributed by atoms with E-state index in [0.29, 0.717) is 28.6 Å². The molecule has 0 aliphatic heterocycles. The molecule has 0 fully saturated rings. The number of pyridine rings is 1. The van der Waals surface area contributed by atoms with Gasteiger partial charge in [-0.3, -0.25) is 9.48 Å². The van der Waals surface area contributed by atoms with Crippen LogP contribution >= 0.6 is 11.6 Å². The molecule has 0 atom stereocenters. The number of nitrogens with zero attached hydrogens (tertiary/aromatic N) is 6. The molecule has 8 nitrogen and oxygen atoms in total. The van der Waals surface area contributed by atoms with E-state index in [1.165, 1.54) is 6.33 Å². The van der Waals surface area contributed by atoms with Gasteiger partial charge in [0.1, 0.15) is 18.3 Å². The number of amides is 1. The highest BCUT2D eigenvalue weighted by atomic mass is 35.5. The Morgan fingerprint density at radius 3 is 2.59 bits per heavy atom. The van der Waals surface area contributed by atoms with E-state index >= 15 is 0 Å². The molecule has 0 unspecified atom stereocenters. The summed E-state index contributed by atoms with van der Waals surface area (Å²) in [5, 5.41) is 12.5. The molecule has 5 aromatic rings. The number of carbonyl (C=O) groups excluding carboxylic acids is 1. The van der Waals surface area contributed by atoms with Gasteiger partial charge in [-0.2, -0.15) is 10.2 Å². The van der Waals surface area contributed by atoms with Crippen LogP contribution in [0.5, 0.6) is 0 Å². The number of benzene rings is 2. The number of nitrogens with one attached hydrogen (secondary N) is 1. The standard InChI is InChI=1S/C25H20ClN7O/c26-21-10-8-19(9-11-21)23-22(15-32(31-23)14-18-5-2-1-3-6-18)25(34)29-13-20-7-4-12-28-24(20)33-17-27-16-30-33/h1-12,15-17H,13-14H2,(H,29,34). The summed E-state index contributed by atoms with van der Waals surface area (Å²) >= 11 is 6.07. The minimum absolute atomic E-state index is 0.238. The molecule has 0 saturated heterocycles. The molecular formula is C25H20ClN7O. The molecule has 0 bridgehead atoms. The number of hydrogen-bond acceptors (Lipinski definition) is 5. The molecule has 0 saturated carbocycles. The highest BCUT2D eigenvalue weighted by molar-refractivity contribution is 6.30. The van der Waals surface area contributed by atoms with E-state index in [4.69, 9.17) is 16.7 Å². The minimum Gasteiger partial charge on any atom is -0.348 e. The van der Waals surface area contributed by atoms with E-state index in [2.05, 4.69) is 20.4 Å². The molecule has 34 heavy (non-hydrogen) atoms. The zero-order valence-electron chi connectivity index (χ0n) is 18.0. The van der Waals surface area contributed by atoms with Gasteiger partial charge in [-0.1, -0.05) is 60.1 Å². The van der Waals surface area contributed by atoms with Crippen molar-refractivity contribution in [1.82, 2.24) is 34.8 Å². The van der Waals surface area contributed by atoms with Gasteiger partial charge in [0.05, 0.1) is 12.1 Å². The fourth-order valence-corrected chi connectivity index (χ4v) is 3.75. The van der Waals surface area contributed by atoms with Crippen LogP contribution in [0.3, 0.4) is 0 Å². The third-order valence-corrected chi connectivity index (χ3v) is 5.51. The summed E-state index contributed by atoms with van der Waals surface area (Å²) in [6, 6.07) is 21.0. The maximum atomic E-state index is 13.3. The fraction of sp³-hybridized carbons (Fsp3) is 0.0800. The molecule has 3 aromatic heterocycles. The van der Waals surface area contributed by atoms with Crippen LogP contribution in [0.15, 0.2) is 91.8 Å². The first kappa shape index (κ1) is 21.5. The number of hydrogen-bond donors (Lipinski definition) is 1. The van der Waals surface area contributed by atoms with Crippen LogP contribution in [0, 0.1) is 0 Å². The predicted octanol–water partition coefficient (Wildman–Crippen LogP) is 4.16. The molecule has 0 radical (unpaired) electrons. The van der Waals surface area contributed by atoms with Gasteiger partial charge in [-0.05, 0) is 23.8 Å². The van der Waals surface area contributed by atoms with Crippen LogP contribution in [0.4, 0.5) is 0 Å². The molecule has 5 rings (SSSR count). The summed E-state index contributed by atoms with van der Waals surface area (Å²) in [5.41, 5.74) is 3.78. The molecule has 168 valence electrons. The first-order chi connectivity index (χ1) is 16.7. The molecule has 9 heteroatoms. The van der Waals surface area contributed by atoms with Crippen molar-refractivity contribution in [2.24, 2.45) is 0 Å². The summed E-state index contributed by atoms with van der Waals surface area (Å²) in [6.07, 6.45) is 6.46. The van der Waals surface area contributed by atoms with Crippen molar-refractivity contribution in [2.45, 2.75) is 13.1 Å². The van der Waals surface area contributed by atoms with Crippen LogP contribution in [0.2, 0.25) is 5.02 Å². The molecule has 2 aromatic carbocycles. The molecule has 1 amide bonds. The van der Waals surface area contributed by atoms with Crippen molar-refractivity contribution in [3.05, 3.63) is 113 Å². The molecule has 3 heterocycles. The number of rotatable bonds is 7. The average molecular weight is 470 g/mol. The highest BCUT2D eigenvalue weighted by Gasteiger charge is 2.19. The largest absolute Gasteiger partial charge is 0.348 e. The normalized spacial score (nSPS) is 10.9. The lowest BCUT2D eigenvalue weighted by Crippen LogP contribution is -2.24. The van der Waals surface area contributed by atoms with Crippen LogP contribution in [-0.4, -0.2) is 35.4 Å². The Hall–Kier alpha value is -4.30. The van der Waals surface area contributed by atoms with E-state index in [1.54, 1.807) is 40.2 Å². The quantitative estimate of drug-likeness (QED) is 0.386. The molecule has 0 spiro atoms. The van der Waals surface area contributed by atoms with Gasteiger partial charge < -0.3 is 5.32 Å². The number of aromatic nitrogens is 6. The number of halogens is 1. The van der Waals surface area contributed by atoms with Crippen molar-refractivity contribution >= 4 is 17.5 Å². The lowest BCUT2D eigenvalue weighted by molar-refractivity contribution is 0.0951. The highest BCUT2D eigenvalue weighted by Crippen LogP contribution is 2.24. The second-order valence-electron chi connectivity index (χ2n) is 7.59. The Labute approximate surface area is 200 Å². The van der Waals surface area contributed by atoms with Crippen molar-refractivity contribution in [1.29, 1.82) is 0 Å². The smallest absolute Gasteiger partial charge is 0.255 e. The van der Waals surface area contributed by atoms with Crippen LogP contribution < -0.4 is 5.32 Å². The Bertz CT molecular complexity index is 1400. The van der Waals surface area contributed by atoms with Crippen molar-refractivity contribution in [2.75, 3.05) is 0 Å². The summed E-state index contributed by atoms with van der Waals surface area (Å²) in [7, 11) is 0. The Kier molecular flexibility index (Phi) is 6.13. The maximum absolute atomic E-state index is 13.3. The van der Waals surface area contributed by atoms with Crippen LogP contribution in [-0.2, 0) is 13.1 Å². The van der Waals surface area contributed by atoms with Crippen molar-refractivity contribution in [3.8, 4) is 17.1 Å². The Balaban J connectivity index is 1.43. The zero-order valence-corrected chi connectivity index (χ0v) is 18.8. The Morgan fingerprint density at radius 2 is 1.82 bits per heavy atom. The van der Waals surface area contributed by atoms with Crippen LogP contribution in [0.25, 0.3) is 17.1 Å². The van der Waals surface area contributed by atoms with E-state index in [9.17, 15) is 4.79 Å². The second kappa shape index (κ2) is 9.68. The summed E-state index contributed by atoms with van der Waals surface area (Å²) in [4.78, 5) is 21.6. The molecule has 0 aliphatic rings. The van der Waals surface area contributed by atoms with Gasteiger partial charge >= 0.3 is 0 Å². The van der Waals surface area contributed by atoms with E-state index in [-0.39, 0.29) is 12.5 Å². The lowest BCUT2D eigenvalue weighted by atomic mass is 10.1. The minimum atomic E-state index is -0.238. The predicted molar refractivity (Wildman–Crippen MR) is 129 cm³/mol. The monoisotopic (exact) mass is 469 g/mol.